The smallest absolute Gasteiger partial charge is 0.148 e. The Morgan fingerprint density at radius 2 is 1.90 bits per heavy atom. The molecule has 1 heterocycles. The number of nitrogens with zero attached hydrogens (tertiary/aromatic N) is 3. The molecule has 1 unspecified atom stereocenters. The Labute approximate surface area is 128 Å². The summed E-state index contributed by atoms with van der Waals surface area (Å²) in [4.78, 5) is 11.4. The number of likely N-dealkylation sites (N-methyl/N-ethyl adjacent to an activating group) is 1. The zero-order chi connectivity index (χ0) is 15.8. The lowest BCUT2D eigenvalue weighted by Gasteiger charge is -2.24. The summed E-state index contributed by atoms with van der Waals surface area (Å²) in [6.07, 6.45) is 3.03. The summed E-state index contributed by atoms with van der Waals surface area (Å²) in [6, 6.07) is 0.593. The van der Waals surface area contributed by atoms with Crippen molar-refractivity contribution >= 4 is 11.6 Å². The molecule has 0 aliphatic carbocycles. The van der Waals surface area contributed by atoms with E-state index in [9.17, 15) is 0 Å². The van der Waals surface area contributed by atoms with Gasteiger partial charge in [-0.1, -0.05) is 13.8 Å². The van der Waals surface area contributed by atoms with Crippen LogP contribution in [0.4, 0.5) is 11.6 Å². The Hall–Kier alpha value is -1.40. The van der Waals surface area contributed by atoms with E-state index in [-0.39, 0.29) is 0 Å². The molecule has 21 heavy (non-hydrogen) atoms. The SMILES string of the molecule is CCCc1nc(NN)c(C)c(NCCN(C)C(C)CC)n1. The van der Waals surface area contributed by atoms with Crippen LogP contribution in [0.3, 0.4) is 0 Å². The molecule has 6 nitrogen and oxygen atoms in total. The lowest BCUT2D eigenvalue weighted by Crippen LogP contribution is -2.33. The van der Waals surface area contributed by atoms with Crippen molar-refractivity contribution < 1.29 is 0 Å². The summed E-state index contributed by atoms with van der Waals surface area (Å²) in [6.45, 7) is 10.4. The van der Waals surface area contributed by atoms with Gasteiger partial charge in [0.05, 0.1) is 0 Å². The van der Waals surface area contributed by atoms with Crippen LogP contribution in [0, 0.1) is 6.92 Å². The number of nitrogen functional groups attached to an aromatic ring is 1. The van der Waals surface area contributed by atoms with E-state index in [2.05, 4.69) is 53.4 Å². The molecule has 0 aliphatic rings. The van der Waals surface area contributed by atoms with Crippen LogP contribution in [-0.2, 0) is 6.42 Å². The lowest BCUT2D eigenvalue weighted by molar-refractivity contribution is 0.261. The fourth-order valence-electron chi connectivity index (χ4n) is 2.09. The molecule has 0 bridgehead atoms. The average molecular weight is 294 g/mol. The van der Waals surface area contributed by atoms with Crippen molar-refractivity contribution in [3.63, 3.8) is 0 Å². The van der Waals surface area contributed by atoms with Gasteiger partial charge in [0, 0.05) is 31.1 Å². The molecule has 6 heteroatoms. The van der Waals surface area contributed by atoms with Gasteiger partial charge in [-0.25, -0.2) is 15.8 Å². The Balaban J connectivity index is 2.71. The van der Waals surface area contributed by atoms with Crippen LogP contribution in [0.5, 0.6) is 0 Å². The molecule has 0 saturated carbocycles. The molecular formula is C15H30N6. The third kappa shape index (κ3) is 5.13. The summed E-state index contributed by atoms with van der Waals surface area (Å²) in [7, 11) is 2.15. The zero-order valence-electron chi connectivity index (χ0n) is 14.0. The Morgan fingerprint density at radius 1 is 1.24 bits per heavy atom. The van der Waals surface area contributed by atoms with Crippen molar-refractivity contribution in [2.75, 3.05) is 30.9 Å². The largest absolute Gasteiger partial charge is 0.368 e. The normalized spacial score (nSPS) is 12.5. The van der Waals surface area contributed by atoms with Crippen LogP contribution in [0.25, 0.3) is 0 Å². The van der Waals surface area contributed by atoms with Gasteiger partial charge in [0.15, 0.2) is 0 Å². The molecule has 0 aliphatic heterocycles. The second-order valence-corrected chi connectivity index (χ2v) is 5.52. The highest BCUT2D eigenvalue weighted by molar-refractivity contribution is 5.56. The maximum atomic E-state index is 5.54. The molecule has 1 aromatic heterocycles. The van der Waals surface area contributed by atoms with E-state index in [1.807, 2.05) is 6.92 Å². The number of aromatic nitrogens is 2. The number of hydrogen-bond acceptors (Lipinski definition) is 6. The van der Waals surface area contributed by atoms with E-state index in [1.54, 1.807) is 0 Å². The van der Waals surface area contributed by atoms with Gasteiger partial charge < -0.3 is 15.6 Å². The van der Waals surface area contributed by atoms with Gasteiger partial charge in [-0.3, -0.25) is 0 Å². The first-order valence-electron chi connectivity index (χ1n) is 7.81. The number of hydrazine groups is 1. The highest BCUT2D eigenvalue weighted by Gasteiger charge is 2.11. The van der Waals surface area contributed by atoms with Crippen LogP contribution in [-0.4, -0.2) is 41.0 Å². The lowest BCUT2D eigenvalue weighted by atomic mass is 10.2. The monoisotopic (exact) mass is 294 g/mol. The average Bonchev–Trinajstić information content (AvgIpc) is 2.49. The minimum atomic E-state index is 0.593. The quantitative estimate of drug-likeness (QED) is 0.478. The van der Waals surface area contributed by atoms with Crippen LogP contribution in [0.1, 0.15) is 45.0 Å². The number of aryl methyl sites for hydroxylation is 1. The molecule has 1 rings (SSSR count). The Kier molecular flexibility index (Phi) is 7.39. The molecule has 0 radical (unpaired) electrons. The standard InChI is InChI=1S/C15H30N6/c1-6-8-13-18-14(12(4)15(19-13)20-16)17-9-10-21(5)11(3)7-2/h11H,6-10,16H2,1-5H3,(H2,17,18,19,20). The second kappa shape index (κ2) is 8.79. The highest BCUT2D eigenvalue weighted by Crippen LogP contribution is 2.19. The van der Waals surface area contributed by atoms with Gasteiger partial charge in [0.1, 0.15) is 17.5 Å². The fourth-order valence-corrected chi connectivity index (χ4v) is 2.09. The summed E-state index contributed by atoms with van der Waals surface area (Å²) >= 11 is 0. The summed E-state index contributed by atoms with van der Waals surface area (Å²) in [5.74, 6) is 7.94. The number of nitrogens with two attached hydrogens (primary N) is 1. The molecule has 4 N–H and O–H groups in total. The maximum absolute atomic E-state index is 5.54. The third-order valence-corrected chi connectivity index (χ3v) is 3.90. The highest BCUT2D eigenvalue weighted by atomic mass is 15.3. The van der Waals surface area contributed by atoms with Gasteiger partial charge in [0.25, 0.3) is 0 Å². The number of nitrogens with one attached hydrogen (secondary N) is 2. The van der Waals surface area contributed by atoms with Gasteiger partial charge in [-0.2, -0.15) is 0 Å². The molecule has 0 spiro atoms. The summed E-state index contributed by atoms with van der Waals surface area (Å²) in [5.41, 5.74) is 3.62. The van der Waals surface area contributed by atoms with E-state index in [4.69, 9.17) is 5.84 Å². The first-order chi connectivity index (χ1) is 10.0. The number of anilines is 2. The van der Waals surface area contributed by atoms with Crippen LogP contribution < -0.4 is 16.6 Å². The first kappa shape index (κ1) is 17.7. The third-order valence-electron chi connectivity index (χ3n) is 3.90. The summed E-state index contributed by atoms with van der Waals surface area (Å²) in [5, 5.41) is 3.41. The minimum Gasteiger partial charge on any atom is -0.368 e. The Morgan fingerprint density at radius 3 is 2.48 bits per heavy atom. The van der Waals surface area contributed by atoms with Crippen molar-refractivity contribution in [1.82, 2.24) is 14.9 Å². The molecule has 0 saturated heterocycles. The number of hydrogen-bond donors (Lipinski definition) is 3. The maximum Gasteiger partial charge on any atom is 0.148 e. The summed E-state index contributed by atoms with van der Waals surface area (Å²) < 4.78 is 0. The van der Waals surface area contributed by atoms with E-state index in [1.165, 1.54) is 0 Å². The van der Waals surface area contributed by atoms with Gasteiger partial charge in [-0.15, -0.1) is 0 Å². The number of rotatable bonds is 9. The van der Waals surface area contributed by atoms with E-state index < -0.39 is 0 Å². The minimum absolute atomic E-state index is 0.593. The fraction of sp³-hybridized carbons (Fsp3) is 0.733. The van der Waals surface area contributed by atoms with Crippen molar-refractivity contribution in [1.29, 1.82) is 0 Å². The molecule has 1 atom stereocenters. The predicted octanol–water partition coefficient (Wildman–Crippen LogP) is 2.17. The molecular weight excluding hydrogens is 264 g/mol. The van der Waals surface area contributed by atoms with Crippen LogP contribution >= 0.6 is 0 Å². The molecule has 0 aromatic carbocycles. The van der Waals surface area contributed by atoms with E-state index >= 15 is 0 Å². The Bertz CT molecular complexity index is 434. The molecule has 120 valence electrons. The van der Waals surface area contributed by atoms with E-state index in [0.29, 0.717) is 11.9 Å². The van der Waals surface area contributed by atoms with Gasteiger partial charge >= 0.3 is 0 Å². The topological polar surface area (TPSA) is 79.1 Å². The second-order valence-electron chi connectivity index (χ2n) is 5.52. The first-order valence-corrected chi connectivity index (χ1v) is 7.81. The molecule has 0 fully saturated rings. The van der Waals surface area contributed by atoms with Crippen molar-refractivity contribution in [2.24, 2.45) is 5.84 Å². The van der Waals surface area contributed by atoms with Gasteiger partial charge in [0.2, 0.25) is 0 Å². The van der Waals surface area contributed by atoms with Crippen molar-refractivity contribution in [2.45, 2.75) is 53.0 Å². The van der Waals surface area contributed by atoms with Crippen LogP contribution in [0.2, 0.25) is 0 Å². The molecule has 0 amide bonds. The van der Waals surface area contributed by atoms with E-state index in [0.717, 1.165) is 49.6 Å². The van der Waals surface area contributed by atoms with Crippen molar-refractivity contribution in [3.05, 3.63) is 11.4 Å². The van der Waals surface area contributed by atoms with Gasteiger partial charge in [-0.05, 0) is 33.7 Å². The predicted molar refractivity (Wildman–Crippen MR) is 89.4 cm³/mol. The molecule has 1 aromatic rings. The van der Waals surface area contributed by atoms with Crippen LogP contribution in [0.15, 0.2) is 0 Å². The van der Waals surface area contributed by atoms with Crippen molar-refractivity contribution in [3.8, 4) is 0 Å². The zero-order valence-corrected chi connectivity index (χ0v) is 14.0.